The molecule has 1 aliphatic rings. The summed E-state index contributed by atoms with van der Waals surface area (Å²) in [5.74, 6) is 0.732. The summed E-state index contributed by atoms with van der Waals surface area (Å²) >= 11 is 7.01. The van der Waals surface area contributed by atoms with Gasteiger partial charge >= 0.3 is 0 Å². The molecule has 0 aromatic heterocycles. The van der Waals surface area contributed by atoms with Crippen LogP contribution in [-0.4, -0.2) is 12.5 Å². The lowest BCUT2D eigenvalue weighted by Crippen LogP contribution is -2.24. The average Bonchev–Trinajstić information content (AvgIpc) is 3.07. The molecule has 1 aliphatic heterocycles. The Kier molecular flexibility index (Phi) is 6.21. The van der Waals surface area contributed by atoms with E-state index in [4.69, 9.17) is 4.74 Å². The lowest BCUT2D eigenvalue weighted by Gasteiger charge is -2.21. The molecular weight excluding hydrogens is 506 g/mol. The number of halogens is 2. The van der Waals surface area contributed by atoms with Gasteiger partial charge in [0.2, 0.25) is 0 Å². The van der Waals surface area contributed by atoms with Gasteiger partial charge in [-0.15, -0.1) is 0 Å². The second kappa shape index (κ2) is 9.02. The molecule has 0 N–H and O–H groups in total. The number of benzene rings is 3. The van der Waals surface area contributed by atoms with E-state index in [1.54, 1.807) is 4.90 Å². The molecule has 150 valence electrons. The van der Waals surface area contributed by atoms with Crippen LogP contribution in [0.5, 0.6) is 5.75 Å². The standard InChI is InChI=1S/C25H19Br2NO2/c1-2-30-24-13-8-17(15-22(24)27)14-19-16-23(18-6-4-3-5-7-18)28(25(19)29)21-11-9-20(26)10-12-21/h3-16H,2H2,1H3/b19-14+. The summed E-state index contributed by atoms with van der Waals surface area (Å²) in [7, 11) is 0. The van der Waals surface area contributed by atoms with Gasteiger partial charge in [-0.05, 0) is 82.5 Å². The smallest absolute Gasteiger partial charge is 0.262 e. The highest BCUT2D eigenvalue weighted by Crippen LogP contribution is 2.36. The summed E-state index contributed by atoms with van der Waals surface area (Å²) in [6.07, 6.45) is 3.86. The zero-order chi connectivity index (χ0) is 21.1. The van der Waals surface area contributed by atoms with E-state index in [2.05, 4.69) is 31.9 Å². The predicted octanol–water partition coefficient (Wildman–Crippen LogP) is 7.08. The Morgan fingerprint density at radius 2 is 1.70 bits per heavy atom. The fourth-order valence-electron chi connectivity index (χ4n) is 3.34. The molecule has 3 aromatic rings. The quantitative estimate of drug-likeness (QED) is 0.334. The van der Waals surface area contributed by atoms with Crippen molar-refractivity contribution in [1.82, 2.24) is 0 Å². The molecule has 30 heavy (non-hydrogen) atoms. The molecule has 1 heterocycles. The van der Waals surface area contributed by atoms with Crippen LogP contribution in [0.15, 0.2) is 93.4 Å². The van der Waals surface area contributed by atoms with Gasteiger partial charge in [-0.25, -0.2) is 0 Å². The highest BCUT2D eigenvalue weighted by Gasteiger charge is 2.30. The van der Waals surface area contributed by atoms with Crippen molar-refractivity contribution in [2.75, 3.05) is 11.5 Å². The van der Waals surface area contributed by atoms with Gasteiger partial charge in [0, 0.05) is 15.7 Å². The maximum atomic E-state index is 13.4. The molecule has 3 nitrogen and oxygen atoms in total. The first-order valence-corrected chi connectivity index (χ1v) is 11.2. The SMILES string of the molecule is CCOc1ccc(/C=C2\C=C(c3ccccc3)N(c3ccc(Br)cc3)C2=O)cc1Br. The maximum Gasteiger partial charge on any atom is 0.262 e. The zero-order valence-electron chi connectivity index (χ0n) is 16.3. The number of nitrogens with zero attached hydrogens (tertiary/aromatic N) is 1. The lowest BCUT2D eigenvalue weighted by atomic mass is 10.1. The van der Waals surface area contributed by atoms with Gasteiger partial charge < -0.3 is 4.74 Å². The first-order valence-electron chi connectivity index (χ1n) is 9.58. The zero-order valence-corrected chi connectivity index (χ0v) is 19.5. The summed E-state index contributed by atoms with van der Waals surface area (Å²) < 4.78 is 7.42. The molecule has 0 radical (unpaired) electrons. The van der Waals surface area contributed by atoms with Gasteiger partial charge in [0.25, 0.3) is 5.91 Å². The third-order valence-electron chi connectivity index (χ3n) is 4.72. The van der Waals surface area contributed by atoms with Gasteiger partial charge in [-0.1, -0.05) is 52.3 Å². The van der Waals surface area contributed by atoms with Crippen molar-refractivity contribution in [2.24, 2.45) is 0 Å². The number of ether oxygens (including phenoxy) is 1. The minimum absolute atomic E-state index is 0.0545. The van der Waals surface area contributed by atoms with Crippen LogP contribution in [0.3, 0.4) is 0 Å². The lowest BCUT2D eigenvalue weighted by molar-refractivity contribution is -0.113. The summed E-state index contributed by atoms with van der Waals surface area (Å²) in [5.41, 5.74) is 4.24. The Morgan fingerprint density at radius 3 is 2.37 bits per heavy atom. The summed E-state index contributed by atoms with van der Waals surface area (Å²) in [5, 5.41) is 0. The second-order valence-electron chi connectivity index (χ2n) is 6.74. The molecule has 0 aliphatic carbocycles. The van der Waals surface area contributed by atoms with E-state index in [1.165, 1.54) is 0 Å². The van der Waals surface area contributed by atoms with Gasteiger partial charge in [0.05, 0.1) is 16.8 Å². The average molecular weight is 525 g/mol. The topological polar surface area (TPSA) is 29.5 Å². The molecule has 0 bridgehead atoms. The van der Waals surface area contributed by atoms with Crippen LogP contribution in [0, 0.1) is 0 Å². The summed E-state index contributed by atoms with van der Waals surface area (Å²) in [6, 6.07) is 23.5. The Bertz CT molecular complexity index is 1140. The summed E-state index contributed by atoms with van der Waals surface area (Å²) in [4.78, 5) is 15.2. The second-order valence-corrected chi connectivity index (χ2v) is 8.51. The van der Waals surface area contributed by atoms with Crippen LogP contribution in [0.1, 0.15) is 18.1 Å². The van der Waals surface area contributed by atoms with E-state index in [0.717, 1.165) is 37.2 Å². The normalized spacial score (nSPS) is 14.9. The highest BCUT2D eigenvalue weighted by molar-refractivity contribution is 9.10. The maximum absolute atomic E-state index is 13.4. The molecule has 0 spiro atoms. The van der Waals surface area contributed by atoms with Gasteiger partial charge in [-0.2, -0.15) is 0 Å². The molecule has 0 unspecified atom stereocenters. The van der Waals surface area contributed by atoms with Crippen molar-refractivity contribution < 1.29 is 9.53 Å². The van der Waals surface area contributed by atoms with Gasteiger partial charge in [0.1, 0.15) is 5.75 Å². The van der Waals surface area contributed by atoms with Crippen molar-refractivity contribution in [3.63, 3.8) is 0 Å². The Labute approximate surface area is 192 Å². The van der Waals surface area contributed by atoms with E-state index in [0.29, 0.717) is 12.2 Å². The van der Waals surface area contributed by atoms with Crippen molar-refractivity contribution in [1.29, 1.82) is 0 Å². The molecule has 0 fully saturated rings. The molecule has 1 amide bonds. The highest BCUT2D eigenvalue weighted by atomic mass is 79.9. The largest absolute Gasteiger partial charge is 0.493 e. The van der Waals surface area contributed by atoms with Gasteiger partial charge in [0.15, 0.2) is 0 Å². The number of hydrogen-bond donors (Lipinski definition) is 0. The van der Waals surface area contributed by atoms with Crippen LogP contribution in [0.2, 0.25) is 0 Å². The minimum Gasteiger partial charge on any atom is -0.493 e. The molecule has 3 aromatic carbocycles. The first kappa shape index (κ1) is 20.6. The van der Waals surface area contributed by atoms with Crippen molar-refractivity contribution in [3.05, 3.63) is 105 Å². The van der Waals surface area contributed by atoms with Crippen LogP contribution in [-0.2, 0) is 4.79 Å². The van der Waals surface area contributed by atoms with Crippen LogP contribution in [0.25, 0.3) is 11.8 Å². The Balaban J connectivity index is 1.76. The van der Waals surface area contributed by atoms with E-state index in [9.17, 15) is 4.79 Å². The monoisotopic (exact) mass is 523 g/mol. The minimum atomic E-state index is -0.0545. The first-order chi connectivity index (χ1) is 14.6. The van der Waals surface area contributed by atoms with E-state index in [1.807, 2.05) is 91.9 Å². The molecule has 4 rings (SSSR count). The van der Waals surface area contributed by atoms with Crippen LogP contribution < -0.4 is 9.64 Å². The number of rotatable bonds is 5. The van der Waals surface area contributed by atoms with E-state index < -0.39 is 0 Å². The number of hydrogen-bond acceptors (Lipinski definition) is 2. The van der Waals surface area contributed by atoms with E-state index >= 15 is 0 Å². The molecule has 0 atom stereocenters. The van der Waals surface area contributed by atoms with Gasteiger partial charge in [-0.3, -0.25) is 9.69 Å². The van der Waals surface area contributed by atoms with Crippen molar-refractivity contribution >= 4 is 55.2 Å². The molecule has 0 saturated carbocycles. The Hall–Kier alpha value is -2.63. The number of anilines is 1. The fraction of sp³-hybridized carbons (Fsp3) is 0.0800. The molecule has 0 saturated heterocycles. The number of carbonyl (C=O) groups excluding carboxylic acids is 1. The van der Waals surface area contributed by atoms with Crippen molar-refractivity contribution in [3.8, 4) is 5.75 Å². The van der Waals surface area contributed by atoms with Crippen molar-refractivity contribution in [2.45, 2.75) is 6.92 Å². The van der Waals surface area contributed by atoms with Crippen LogP contribution in [0.4, 0.5) is 5.69 Å². The summed E-state index contributed by atoms with van der Waals surface area (Å²) in [6.45, 7) is 2.55. The van der Waals surface area contributed by atoms with E-state index in [-0.39, 0.29) is 5.91 Å². The predicted molar refractivity (Wildman–Crippen MR) is 129 cm³/mol. The number of carbonyl (C=O) groups is 1. The Morgan fingerprint density at radius 1 is 0.967 bits per heavy atom. The molecule has 5 heteroatoms. The fourth-order valence-corrected chi connectivity index (χ4v) is 4.12. The number of amides is 1. The molecular formula is C25H19Br2NO2. The van der Waals surface area contributed by atoms with Crippen LogP contribution >= 0.6 is 31.9 Å². The third kappa shape index (κ3) is 4.27. The third-order valence-corrected chi connectivity index (χ3v) is 5.86.